The van der Waals surface area contributed by atoms with Gasteiger partial charge < -0.3 is 10.2 Å². The summed E-state index contributed by atoms with van der Waals surface area (Å²) in [6.07, 6.45) is 24.3. The number of thiazole rings is 1. The molecule has 6 nitrogen and oxygen atoms in total. The molecule has 3 aromatic heterocycles. The number of unbranched alkanes of at least 4 members (excludes halogenated alkanes) is 11. The highest BCUT2D eigenvalue weighted by molar-refractivity contribution is 7.15. The quantitative estimate of drug-likeness (QED) is 0.156. The number of Topliss-reactive ketones (excluding diaryl/α,β-unsaturated/α-hetero) is 1. The molecule has 0 aromatic carbocycles. The Morgan fingerprint density at radius 3 is 2.21 bits per heavy atom. The van der Waals surface area contributed by atoms with E-state index in [0.717, 1.165) is 24.1 Å². The Morgan fingerprint density at radius 1 is 0.941 bits per heavy atom. The molecular formula is C27H38N4O2S. The van der Waals surface area contributed by atoms with E-state index in [1.54, 1.807) is 37.1 Å². The van der Waals surface area contributed by atoms with Gasteiger partial charge in [-0.05, 0) is 6.42 Å². The van der Waals surface area contributed by atoms with Crippen molar-refractivity contribution in [3.63, 3.8) is 0 Å². The molecule has 0 aliphatic carbocycles. The largest absolute Gasteiger partial charge is 0.460 e. The third kappa shape index (κ3) is 8.05. The van der Waals surface area contributed by atoms with E-state index in [0.29, 0.717) is 22.1 Å². The van der Waals surface area contributed by atoms with E-state index in [4.69, 9.17) is 10.2 Å². The van der Waals surface area contributed by atoms with Gasteiger partial charge in [-0.15, -0.1) is 11.3 Å². The Hall–Kier alpha value is -2.54. The lowest BCUT2D eigenvalue weighted by molar-refractivity contribution is 0.0949. The minimum Gasteiger partial charge on any atom is -0.460 e. The van der Waals surface area contributed by atoms with Gasteiger partial charge in [-0.1, -0.05) is 84.0 Å². The van der Waals surface area contributed by atoms with Crippen molar-refractivity contribution in [1.82, 2.24) is 15.0 Å². The van der Waals surface area contributed by atoms with Crippen molar-refractivity contribution in [3.8, 4) is 10.8 Å². The van der Waals surface area contributed by atoms with Crippen LogP contribution >= 0.6 is 11.3 Å². The molecular weight excluding hydrogens is 444 g/mol. The zero-order valence-corrected chi connectivity index (χ0v) is 21.2. The number of nitrogen functional groups attached to an aromatic ring is 1. The molecule has 34 heavy (non-hydrogen) atoms. The van der Waals surface area contributed by atoms with E-state index in [2.05, 4.69) is 21.9 Å². The number of nitrogens with two attached hydrogens (primary N) is 1. The summed E-state index contributed by atoms with van der Waals surface area (Å²) in [6, 6.07) is 1.71. The fourth-order valence-corrected chi connectivity index (χ4v) is 5.30. The second-order valence-electron chi connectivity index (χ2n) is 8.96. The van der Waals surface area contributed by atoms with Crippen molar-refractivity contribution < 1.29 is 9.21 Å². The van der Waals surface area contributed by atoms with Crippen LogP contribution in [0, 0.1) is 0 Å². The molecule has 0 aliphatic heterocycles. The van der Waals surface area contributed by atoms with Gasteiger partial charge in [-0.3, -0.25) is 9.78 Å². The minimum absolute atomic E-state index is 0.00112. The van der Waals surface area contributed by atoms with E-state index in [1.807, 2.05) is 0 Å². The minimum atomic E-state index is -0.276. The molecule has 0 spiro atoms. The van der Waals surface area contributed by atoms with Crippen LogP contribution in [0.2, 0.25) is 0 Å². The standard InChI is InChI=1S/C27H38N4O2S/c1-2-3-4-5-6-7-8-9-10-11-12-13-14-21(25(32)23-19-29-16-17-30-23)24-20-31-27(34-24)26-22(28)15-18-33-26/h15-21H,2-14,28H2,1H3. The molecule has 184 valence electrons. The zero-order valence-electron chi connectivity index (χ0n) is 20.4. The molecule has 7 heteroatoms. The molecule has 0 saturated carbocycles. The van der Waals surface area contributed by atoms with Crippen LogP contribution in [-0.2, 0) is 0 Å². The number of rotatable bonds is 17. The van der Waals surface area contributed by atoms with Crippen LogP contribution in [-0.4, -0.2) is 20.7 Å². The lowest BCUT2D eigenvalue weighted by Gasteiger charge is -2.13. The van der Waals surface area contributed by atoms with E-state index in [9.17, 15) is 4.79 Å². The fraction of sp³-hybridized carbons (Fsp3) is 0.556. The average Bonchev–Trinajstić information content (AvgIpc) is 3.51. The maximum atomic E-state index is 13.3. The Balaban J connectivity index is 1.48. The maximum Gasteiger partial charge on any atom is 0.191 e. The third-order valence-corrected chi connectivity index (χ3v) is 7.35. The first kappa shape index (κ1) is 26.1. The van der Waals surface area contributed by atoms with Crippen molar-refractivity contribution >= 4 is 22.8 Å². The predicted octanol–water partition coefficient (Wildman–Crippen LogP) is 7.83. The van der Waals surface area contributed by atoms with E-state index >= 15 is 0 Å². The first-order chi connectivity index (χ1) is 16.7. The molecule has 2 N–H and O–H groups in total. The summed E-state index contributed by atoms with van der Waals surface area (Å²) >= 11 is 1.47. The molecule has 0 fully saturated rings. The third-order valence-electron chi connectivity index (χ3n) is 6.24. The van der Waals surface area contributed by atoms with Gasteiger partial charge in [0.25, 0.3) is 0 Å². The Labute approximate surface area is 207 Å². The number of hydrogen-bond donors (Lipinski definition) is 1. The lowest BCUT2D eigenvalue weighted by atomic mass is 9.93. The SMILES string of the molecule is CCCCCCCCCCCCCCC(C(=O)c1cnccn1)c1cnc(-c2occc2N)s1. The molecule has 1 unspecified atom stereocenters. The first-order valence-corrected chi connectivity index (χ1v) is 13.6. The fourth-order valence-electron chi connectivity index (χ4n) is 4.24. The van der Waals surface area contributed by atoms with Gasteiger partial charge in [0, 0.05) is 29.5 Å². The summed E-state index contributed by atoms with van der Waals surface area (Å²) < 4.78 is 5.48. The van der Waals surface area contributed by atoms with Gasteiger partial charge in [0.2, 0.25) is 0 Å². The highest BCUT2D eigenvalue weighted by atomic mass is 32.1. The normalized spacial score (nSPS) is 12.1. The Bertz CT molecular complexity index is 970. The first-order valence-electron chi connectivity index (χ1n) is 12.8. The van der Waals surface area contributed by atoms with Crippen molar-refractivity contribution in [1.29, 1.82) is 0 Å². The van der Waals surface area contributed by atoms with Gasteiger partial charge in [0.1, 0.15) is 5.69 Å². The van der Waals surface area contributed by atoms with Crippen LogP contribution in [0.1, 0.15) is 112 Å². The summed E-state index contributed by atoms with van der Waals surface area (Å²) in [5.74, 6) is 0.286. The second kappa shape index (κ2) is 14.7. The maximum absolute atomic E-state index is 13.3. The number of aromatic nitrogens is 3. The second-order valence-corrected chi connectivity index (χ2v) is 10.0. The molecule has 3 heterocycles. The van der Waals surface area contributed by atoms with Crippen LogP contribution in [0.5, 0.6) is 0 Å². The van der Waals surface area contributed by atoms with Gasteiger partial charge in [-0.2, -0.15) is 0 Å². The molecule has 0 saturated heterocycles. The number of carbonyl (C=O) groups is 1. The van der Waals surface area contributed by atoms with Crippen LogP contribution in [0.4, 0.5) is 5.69 Å². The molecule has 0 aliphatic rings. The zero-order chi connectivity index (χ0) is 24.0. The Morgan fingerprint density at radius 2 is 1.62 bits per heavy atom. The summed E-state index contributed by atoms with van der Waals surface area (Å²) in [4.78, 5) is 27.0. The molecule has 0 amide bonds. The lowest BCUT2D eigenvalue weighted by Crippen LogP contribution is -2.14. The highest BCUT2D eigenvalue weighted by Crippen LogP contribution is 2.36. The number of hydrogen-bond acceptors (Lipinski definition) is 7. The van der Waals surface area contributed by atoms with Crippen molar-refractivity contribution in [2.45, 2.75) is 96.3 Å². The smallest absolute Gasteiger partial charge is 0.191 e. The summed E-state index contributed by atoms with van der Waals surface area (Å²) in [5.41, 5.74) is 6.94. The van der Waals surface area contributed by atoms with Crippen LogP contribution in [0.3, 0.4) is 0 Å². The average molecular weight is 483 g/mol. The molecule has 0 bridgehead atoms. The molecule has 3 rings (SSSR count). The molecule has 0 radical (unpaired) electrons. The number of anilines is 1. The molecule has 1 atom stereocenters. The number of ketones is 1. The summed E-state index contributed by atoms with van der Waals surface area (Å²) in [6.45, 7) is 2.26. The topological polar surface area (TPSA) is 94.9 Å². The van der Waals surface area contributed by atoms with E-state index in [1.165, 1.54) is 75.5 Å². The summed E-state index contributed by atoms with van der Waals surface area (Å²) in [5, 5.41) is 0.698. The monoisotopic (exact) mass is 482 g/mol. The van der Waals surface area contributed by atoms with Crippen molar-refractivity contribution in [2.24, 2.45) is 0 Å². The van der Waals surface area contributed by atoms with Crippen LogP contribution in [0.15, 0.2) is 41.5 Å². The highest BCUT2D eigenvalue weighted by Gasteiger charge is 2.26. The molecule has 3 aromatic rings. The Kier molecular flexibility index (Phi) is 11.2. The summed E-state index contributed by atoms with van der Waals surface area (Å²) in [7, 11) is 0. The van der Waals surface area contributed by atoms with E-state index in [-0.39, 0.29) is 11.7 Å². The van der Waals surface area contributed by atoms with Gasteiger partial charge in [0.05, 0.1) is 24.1 Å². The number of furan rings is 1. The van der Waals surface area contributed by atoms with Crippen molar-refractivity contribution in [2.75, 3.05) is 5.73 Å². The van der Waals surface area contributed by atoms with Gasteiger partial charge in [0.15, 0.2) is 16.6 Å². The predicted molar refractivity (Wildman–Crippen MR) is 139 cm³/mol. The van der Waals surface area contributed by atoms with E-state index < -0.39 is 0 Å². The van der Waals surface area contributed by atoms with Gasteiger partial charge >= 0.3 is 0 Å². The van der Waals surface area contributed by atoms with Crippen LogP contribution < -0.4 is 5.73 Å². The van der Waals surface area contributed by atoms with Crippen LogP contribution in [0.25, 0.3) is 10.8 Å². The number of nitrogens with zero attached hydrogens (tertiary/aromatic N) is 3. The van der Waals surface area contributed by atoms with Gasteiger partial charge in [-0.25, -0.2) is 9.97 Å². The van der Waals surface area contributed by atoms with Crippen molar-refractivity contribution in [3.05, 3.63) is 47.7 Å². The number of carbonyl (C=O) groups excluding carboxylic acids is 1.